The van der Waals surface area contributed by atoms with Gasteiger partial charge in [-0.25, -0.2) is 4.39 Å². The topological polar surface area (TPSA) is 95.2 Å². The van der Waals surface area contributed by atoms with Gasteiger partial charge in [-0.3, -0.25) is 9.69 Å². The molecule has 2 aliphatic heterocycles. The summed E-state index contributed by atoms with van der Waals surface area (Å²) in [5.41, 5.74) is 1.36. The lowest BCUT2D eigenvalue weighted by atomic mass is 9.85. The summed E-state index contributed by atoms with van der Waals surface area (Å²) in [6.45, 7) is 3.66. The molecule has 31 heavy (non-hydrogen) atoms. The molecule has 0 radical (unpaired) electrons. The number of ether oxygens (including phenoxy) is 1. The third-order valence-corrected chi connectivity index (χ3v) is 6.31. The zero-order valence-corrected chi connectivity index (χ0v) is 17.1. The SMILES string of the molecule is CNC(=O)c1c(-c2ccc(O)cc2F)oc2ccc(O)c(CN3CCC4(COC4)C3)c12. The van der Waals surface area contributed by atoms with Crippen LogP contribution in [0.25, 0.3) is 22.3 Å². The first kappa shape index (κ1) is 19.8. The van der Waals surface area contributed by atoms with Gasteiger partial charge in [-0.05, 0) is 37.2 Å². The third kappa shape index (κ3) is 3.23. The molecule has 2 fully saturated rings. The molecule has 1 aromatic heterocycles. The van der Waals surface area contributed by atoms with Crippen molar-refractivity contribution in [3.05, 3.63) is 47.3 Å². The summed E-state index contributed by atoms with van der Waals surface area (Å²) >= 11 is 0. The van der Waals surface area contributed by atoms with Crippen molar-refractivity contribution in [1.29, 1.82) is 0 Å². The molecule has 0 aliphatic carbocycles. The predicted molar refractivity (Wildman–Crippen MR) is 111 cm³/mol. The zero-order chi connectivity index (χ0) is 21.8. The molecule has 0 unspecified atom stereocenters. The minimum atomic E-state index is -0.707. The van der Waals surface area contributed by atoms with Gasteiger partial charge >= 0.3 is 0 Å². The summed E-state index contributed by atoms with van der Waals surface area (Å²) in [5, 5.41) is 23.3. The van der Waals surface area contributed by atoms with E-state index in [0.29, 0.717) is 23.1 Å². The molecule has 2 aliphatic rings. The van der Waals surface area contributed by atoms with Gasteiger partial charge in [-0.2, -0.15) is 0 Å². The molecular weight excluding hydrogens is 403 g/mol. The monoisotopic (exact) mass is 426 g/mol. The molecule has 1 amide bonds. The number of halogens is 1. The van der Waals surface area contributed by atoms with E-state index in [4.69, 9.17) is 9.15 Å². The largest absolute Gasteiger partial charge is 0.508 e. The van der Waals surface area contributed by atoms with E-state index in [2.05, 4.69) is 10.2 Å². The van der Waals surface area contributed by atoms with E-state index in [1.54, 1.807) is 6.07 Å². The van der Waals surface area contributed by atoms with Gasteiger partial charge < -0.3 is 24.7 Å². The fourth-order valence-corrected chi connectivity index (χ4v) is 4.64. The van der Waals surface area contributed by atoms with Crippen molar-refractivity contribution in [3.63, 3.8) is 0 Å². The molecule has 3 aromatic rings. The number of nitrogens with zero attached hydrogens (tertiary/aromatic N) is 1. The maximum atomic E-state index is 14.6. The molecule has 7 nitrogen and oxygen atoms in total. The Hall–Kier alpha value is -3.10. The molecule has 1 spiro atoms. The third-order valence-electron chi connectivity index (χ3n) is 6.31. The predicted octanol–water partition coefficient (Wildman–Crippen LogP) is 3.23. The Balaban J connectivity index is 1.65. The maximum Gasteiger partial charge on any atom is 0.255 e. The molecule has 2 aromatic carbocycles. The molecule has 3 heterocycles. The van der Waals surface area contributed by atoms with Gasteiger partial charge in [0.15, 0.2) is 5.76 Å². The average molecular weight is 426 g/mol. The van der Waals surface area contributed by atoms with Crippen LogP contribution in [0.4, 0.5) is 4.39 Å². The minimum Gasteiger partial charge on any atom is -0.508 e. The van der Waals surface area contributed by atoms with Crippen LogP contribution in [0.15, 0.2) is 34.7 Å². The Morgan fingerprint density at radius 3 is 2.71 bits per heavy atom. The quantitative estimate of drug-likeness (QED) is 0.593. The Labute approximate surface area is 178 Å². The second kappa shape index (κ2) is 7.25. The highest BCUT2D eigenvalue weighted by Gasteiger charge is 2.44. The molecule has 0 saturated carbocycles. The van der Waals surface area contributed by atoms with Crippen LogP contribution in [0.3, 0.4) is 0 Å². The van der Waals surface area contributed by atoms with Crippen molar-refractivity contribution in [2.24, 2.45) is 5.41 Å². The molecule has 5 rings (SSSR count). The van der Waals surface area contributed by atoms with Gasteiger partial charge in [-0.1, -0.05) is 0 Å². The van der Waals surface area contributed by atoms with Crippen LogP contribution in [0.1, 0.15) is 22.3 Å². The Morgan fingerprint density at radius 2 is 2.06 bits per heavy atom. The number of hydrogen-bond donors (Lipinski definition) is 3. The number of phenols is 2. The lowest BCUT2D eigenvalue weighted by Gasteiger charge is -2.37. The first-order valence-corrected chi connectivity index (χ1v) is 10.2. The summed E-state index contributed by atoms with van der Waals surface area (Å²) < 4.78 is 26.0. The van der Waals surface area contributed by atoms with Crippen LogP contribution in [0.2, 0.25) is 0 Å². The molecule has 0 atom stereocenters. The van der Waals surface area contributed by atoms with Gasteiger partial charge in [0.1, 0.15) is 22.9 Å². The van der Waals surface area contributed by atoms with Crippen LogP contribution in [0.5, 0.6) is 11.5 Å². The highest BCUT2D eigenvalue weighted by atomic mass is 19.1. The van der Waals surface area contributed by atoms with Crippen molar-refractivity contribution in [2.75, 3.05) is 33.4 Å². The Morgan fingerprint density at radius 1 is 1.26 bits per heavy atom. The summed E-state index contributed by atoms with van der Waals surface area (Å²) in [6, 6.07) is 6.79. The smallest absolute Gasteiger partial charge is 0.255 e. The van der Waals surface area contributed by atoms with E-state index in [1.165, 1.54) is 25.2 Å². The van der Waals surface area contributed by atoms with E-state index in [1.807, 2.05) is 0 Å². The number of hydrogen-bond acceptors (Lipinski definition) is 6. The average Bonchev–Trinajstić information content (AvgIpc) is 3.32. The second-order valence-electron chi connectivity index (χ2n) is 8.44. The normalized spacial score (nSPS) is 17.9. The van der Waals surface area contributed by atoms with Gasteiger partial charge in [-0.15, -0.1) is 0 Å². The van der Waals surface area contributed by atoms with E-state index in [9.17, 15) is 19.4 Å². The van der Waals surface area contributed by atoms with E-state index >= 15 is 0 Å². The summed E-state index contributed by atoms with van der Waals surface area (Å²) in [4.78, 5) is 15.1. The number of phenolic OH excluding ortho intramolecular Hbond substituents is 2. The fourth-order valence-electron chi connectivity index (χ4n) is 4.64. The number of aromatic hydroxyl groups is 2. The van der Waals surface area contributed by atoms with Crippen molar-refractivity contribution in [3.8, 4) is 22.8 Å². The number of carbonyl (C=O) groups is 1. The van der Waals surface area contributed by atoms with Gasteiger partial charge in [0.05, 0.1) is 24.3 Å². The summed E-state index contributed by atoms with van der Waals surface area (Å²) in [6.07, 6.45) is 1.03. The number of nitrogens with one attached hydrogen (secondary N) is 1. The van der Waals surface area contributed by atoms with E-state index in [0.717, 1.165) is 38.8 Å². The summed E-state index contributed by atoms with van der Waals surface area (Å²) in [5.74, 6) is -1.26. The second-order valence-corrected chi connectivity index (χ2v) is 8.44. The van der Waals surface area contributed by atoms with Crippen molar-refractivity contribution in [1.82, 2.24) is 10.2 Å². The van der Waals surface area contributed by atoms with Gasteiger partial charge in [0.25, 0.3) is 5.91 Å². The number of rotatable bonds is 4. The fraction of sp³-hybridized carbons (Fsp3) is 0.348. The van der Waals surface area contributed by atoms with Crippen molar-refractivity contribution >= 4 is 16.9 Å². The standard InChI is InChI=1S/C23H23FN2O5/c1-25-22(29)20-19-15(9-26-7-6-23(10-26)11-30-12-23)17(28)4-5-18(19)31-21(20)14-3-2-13(27)8-16(14)24/h2-5,8,27-28H,6-7,9-12H2,1H3,(H,25,29). The van der Waals surface area contributed by atoms with Gasteiger partial charge in [0, 0.05) is 42.6 Å². The Kier molecular flexibility index (Phi) is 4.64. The first-order chi connectivity index (χ1) is 14.9. The maximum absolute atomic E-state index is 14.6. The number of benzene rings is 2. The number of likely N-dealkylation sites (tertiary alicyclic amines) is 1. The van der Waals surface area contributed by atoms with Crippen molar-refractivity contribution in [2.45, 2.75) is 13.0 Å². The zero-order valence-electron chi connectivity index (χ0n) is 17.1. The molecule has 8 heteroatoms. The molecule has 2 saturated heterocycles. The summed E-state index contributed by atoms with van der Waals surface area (Å²) in [7, 11) is 1.49. The number of amides is 1. The van der Waals surface area contributed by atoms with Crippen LogP contribution in [0, 0.1) is 11.2 Å². The molecule has 3 N–H and O–H groups in total. The highest BCUT2D eigenvalue weighted by molar-refractivity contribution is 6.12. The minimum absolute atomic E-state index is 0.0574. The molecule has 0 bridgehead atoms. The highest BCUT2D eigenvalue weighted by Crippen LogP contribution is 2.42. The number of furan rings is 1. The lowest BCUT2D eigenvalue weighted by molar-refractivity contribution is -0.105. The van der Waals surface area contributed by atoms with E-state index < -0.39 is 11.7 Å². The van der Waals surface area contributed by atoms with Crippen LogP contribution >= 0.6 is 0 Å². The van der Waals surface area contributed by atoms with Crippen molar-refractivity contribution < 1.29 is 28.6 Å². The number of carbonyl (C=O) groups excluding carboxylic acids is 1. The Bertz CT molecular complexity index is 1180. The lowest BCUT2D eigenvalue weighted by Crippen LogP contribution is -2.44. The van der Waals surface area contributed by atoms with Crippen LogP contribution < -0.4 is 5.32 Å². The van der Waals surface area contributed by atoms with E-state index in [-0.39, 0.29) is 33.8 Å². The molecular formula is C23H23FN2O5. The van der Waals surface area contributed by atoms with Crippen LogP contribution in [-0.2, 0) is 11.3 Å². The van der Waals surface area contributed by atoms with Crippen LogP contribution in [-0.4, -0.2) is 54.4 Å². The number of fused-ring (bicyclic) bond motifs is 1. The van der Waals surface area contributed by atoms with Gasteiger partial charge in [0.2, 0.25) is 0 Å². The molecule has 162 valence electrons. The first-order valence-electron chi connectivity index (χ1n) is 10.2.